The number of rotatable bonds is 4. The van der Waals surface area contributed by atoms with Crippen LogP contribution in [-0.4, -0.2) is 35.8 Å². The zero-order valence-electron chi connectivity index (χ0n) is 10.9. The second-order valence-corrected chi connectivity index (χ2v) is 6.13. The van der Waals surface area contributed by atoms with Gasteiger partial charge in [-0.25, -0.2) is 0 Å². The molecule has 0 radical (unpaired) electrons. The second-order valence-electron chi connectivity index (χ2n) is 6.13. The van der Waals surface area contributed by atoms with Gasteiger partial charge in [0, 0.05) is 25.6 Å². The van der Waals surface area contributed by atoms with E-state index in [1.807, 2.05) is 4.90 Å². The Hall–Kier alpha value is -1.06. The van der Waals surface area contributed by atoms with Crippen LogP contribution in [0.1, 0.15) is 44.9 Å². The molecule has 2 aliphatic carbocycles. The summed E-state index contributed by atoms with van der Waals surface area (Å²) in [4.78, 5) is 25.8. The van der Waals surface area contributed by atoms with Crippen molar-refractivity contribution in [1.82, 2.24) is 10.2 Å². The van der Waals surface area contributed by atoms with Crippen molar-refractivity contribution in [3.63, 3.8) is 0 Å². The zero-order chi connectivity index (χ0) is 12.5. The fourth-order valence-corrected chi connectivity index (χ4v) is 3.13. The molecule has 4 heteroatoms. The van der Waals surface area contributed by atoms with Crippen molar-refractivity contribution in [3.8, 4) is 0 Å². The van der Waals surface area contributed by atoms with Gasteiger partial charge in [-0.3, -0.25) is 9.59 Å². The Morgan fingerprint density at radius 1 is 1.22 bits per heavy atom. The van der Waals surface area contributed by atoms with Crippen LogP contribution in [0.25, 0.3) is 0 Å². The van der Waals surface area contributed by atoms with Crippen molar-refractivity contribution in [3.05, 3.63) is 0 Å². The molecule has 3 rings (SSSR count). The summed E-state index contributed by atoms with van der Waals surface area (Å²) in [6.45, 7) is 1.53. The van der Waals surface area contributed by atoms with Crippen LogP contribution in [0.4, 0.5) is 0 Å². The monoisotopic (exact) mass is 250 g/mol. The third-order valence-corrected chi connectivity index (χ3v) is 4.46. The molecule has 18 heavy (non-hydrogen) atoms. The number of nitrogens with one attached hydrogen (secondary N) is 1. The van der Waals surface area contributed by atoms with E-state index in [1.54, 1.807) is 0 Å². The average Bonchev–Trinajstić information content (AvgIpc) is 2.86. The summed E-state index contributed by atoms with van der Waals surface area (Å²) in [5.41, 5.74) is 0. The molecule has 1 unspecified atom stereocenters. The summed E-state index contributed by atoms with van der Waals surface area (Å²) < 4.78 is 0. The van der Waals surface area contributed by atoms with Gasteiger partial charge in [-0.2, -0.15) is 0 Å². The van der Waals surface area contributed by atoms with Gasteiger partial charge >= 0.3 is 0 Å². The highest BCUT2D eigenvalue weighted by atomic mass is 16.2. The molecule has 0 aromatic carbocycles. The molecule has 1 atom stereocenters. The predicted molar refractivity (Wildman–Crippen MR) is 67.8 cm³/mol. The molecule has 2 amide bonds. The summed E-state index contributed by atoms with van der Waals surface area (Å²) in [5.74, 6) is 0.893. The maximum Gasteiger partial charge on any atom is 0.225 e. The minimum atomic E-state index is -0.100. The Balaban J connectivity index is 1.49. The van der Waals surface area contributed by atoms with E-state index in [0.29, 0.717) is 24.9 Å². The van der Waals surface area contributed by atoms with Crippen LogP contribution in [0.2, 0.25) is 0 Å². The van der Waals surface area contributed by atoms with Crippen LogP contribution < -0.4 is 5.32 Å². The molecule has 3 aliphatic rings. The molecule has 0 aromatic rings. The largest absolute Gasteiger partial charge is 0.353 e. The summed E-state index contributed by atoms with van der Waals surface area (Å²) >= 11 is 0. The van der Waals surface area contributed by atoms with Crippen LogP contribution in [-0.2, 0) is 9.59 Å². The molecular weight excluding hydrogens is 228 g/mol. The first-order valence-corrected chi connectivity index (χ1v) is 7.30. The van der Waals surface area contributed by atoms with E-state index in [9.17, 15) is 9.59 Å². The van der Waals surface area contributed by atoms with E-state index >= 15 is 0 Å². The molecule has 0 spiro atoms. The Kier molecular flexibility index (Phi) is 3.27. The van der Waals surface area contributed by atoms with Gasteiger partial charge < -0.3 is 10.2 Å². The lowest BCUT2D eigenvalue weighted by molar-refractivity contribution is -0.129. The van der Waals surface area contributed by atoms with Gasteiger partial charge in [0.1, 0.15) is 0 Å². The fourth-order valence-electron chi connectivity index (χ4n) is 3.13. The standard InChI is InChI=1S/C14H22N2O2/c17-13-7-11(9-16(13)8-10-5-6-10)14(18)15-12-3-1-2-4-12/h10-12H,1-9H2,(H,15,18). The van der Waals surface area contributed by atoms with Gasteiger partial charge in [0.2, 0.25) is 11.8 Å². The first kappa shape index (κ1) is 12.0. The Bertz CT molecular complexity index is 346. The lowest BCUT2D eigenvalue weighted by Crippen LogP contribution is -2.38. The van der Waals surface area contributed by atoms with Crippen LogP contribution >= 0.6 is 0 Å². The first-order valence-electron chi connectivity index (χ1n) is 7.30. The Morgan fingerprint density at radius 3 is 2.61 bits per heavy atom. The number of hydrogen-bond acceptors (Lipinski definition) is 2. The lowest BCUT2D eigenvalue weighted by Gasteiger charge is -2.17. The smallest absolute Gasteiger partial charge is 0.225 e. The van der Waals surface area contributed by atoms with Crippen molar-refractivity contribution >= 4 is 11.8 Å². The van der Waals surface area contributed by atoms with E-state index in [-0.39, 0.29) is 17.7 Å². The average molecular weight is 250 g/mol. The SMILES string of the molecule is O=C(NC1CCCC1)C1CC(=O)N(CC2CC2)C1. The minimum absolute atomic E-state index is 0.100. The van der Waals surface area contributed by atoms with Crippen molar-refractivity contribution in [2.45, 2.75) is 51.0 Å². The zero-order valence-corrected chi connectivity index (χ0v) is 10.9. The number of amides is 2. The first-order chi connectivity index (χ1) is 8.72. The molecule has 1 aliphatic heterocycles. The maximum atomic E-state index is 12.1. The summed E-state index contributed by atoms with van der Waals surface area (Å²) in [7, 11) is 0. The third-order valence-electron chi connectivity index (χ3n) is 4.46. The van der Waals surface area contributed by atoms with Gasteiger partial charge in [-0.05, 0) is 31.6 Å². The molecule has 3 fully saturated rings. The number of likely N-dealkylation sites (tertiary alicyclic amines) is 1. The van der Waals surface area contributed by atoms with Gasteiger partial charge in [-0.15, -0.1) is 0 Å². The van der Waals surface area contributed by atoms with Gasteiger partial charge in [-0.1, -0.05) is 12.8 Å². The van der Waals surface area contributed by atoms with Gasteiger partial charge in [0.15, 0.2) is 0 Å². The Labute approximate surface area is 108 Å². The Morgan fingerprint density at radius 2 is 1.94 bits per heavy atom. The summed E-state index contributed by atoms with van der Waals surface area (Å²) in [6.07, 6.45) is 7.60. The number of carbonyl (C=O) groups is 2. The number of carbonyl (C=O) groups excluding carboxylic acids is 2. The molecule has 1 heterocycles. The van der Waals surface area contributed by atoms with E-state index in [0.717, 1.165) is 19.4 Å². The van der Waals surface area contributed by atoms with Crippen LogP contribution in [0.3, 0.4) is 0 Å². The molecule has 0 bridgehead atoms. The van der Waals surface area contributed by atoms with E-state index < -0.39 is 0 Å². The van der Waals surface area contributed by atoms with E-state index in [2.05, 4.69) is 5.32 Å². The molecular formula is C14H22N2O2. The minimum Gasteiger partial charge on any atom is -0.353 e. The molecule has 1 N–H and O–H groups in total. The normalized spacial score (nSPS) is 29.0. The van der Waals surface area contributed by atoms with E-state index in [1.165, 1.54) is 25.7 Å². The van der Waals surface area contributed by atoms with Gasteiger partial charge in [0.05, 0.1) is 5.92 Å². The molecule has 0 aromatic heterocycles. The fraction of sp³-hybridized carbons (Fsp3) is 0.857. The quantitative estimate of drug-likeness (QED) is 0.817. The maximum absolute atomic E-state index is 12.1. The molecule has 2 saturated carbocycles. The third kappa shape index (κ3) is 2.68. The lowest BCUT2D eigenvalue weighted by atomic mass is 10.1. The van der Waals surface area contributed by atoms with Crippen LogP contribution in [0.5, 0.6) is 0 Å². The molecule has 1 saturated heterocycles. The van der Waals surface area contributed by atoms with Crippen molar-refractivity contribution in [2.75, 3.05) is 13.1 Å². The number of nitrogens with zero attached hydrogens (tertiary/aromatic N) is 1. The van der Waals surface area contributed by atoms with Crippen molar-refractivity contribution in [1.29, 1.82) is 0 Å². The van der Waals surface area contributed by atoms with Crippen molar-refractivity contribution < 1.29 is 9.59 Å². The predicted octanol–water partition coefficient (Wildman–Crippen LogP) is 1.30. The molecule has 4 nitrogen and oxygen atoms in total. The van der Waals surface area contributed by atoms with Crippen LogP contribution in [0.15, 0.2) is 0 Å². The van der Waals surface area contributed by atoms with Crippen molar-refractivity contribution in [2.24, 2.45) is 11.8 Å². The van der Waals surface area contributed by atoms with Gasteiger partial charge in [0.25, 0.3) is 0 Å². The topological polar surface area (TPSA) is 49.4 Å². The summed E-state index contributed by atoms with van der Waals surface area (Å²) in [6, 6.07) is 0.366. The number of hydrogen-bond donors (Lipinski definition) is 1. The van der Waals surface area contributed by atoms with E-state index in [4.69, 9.17) is 0 Å². The highest BCUT2D eigenvalue weighted by Gasteiger charge is 2.37. The highest BCUT2D eigenvalue weighted by Crippen LogP contribution is 2.32. The molecule has 100 valence electrons. The summed E-state index contributed by atoms with van der Waals surface area (Å²) in [5, 5.41) is 3.11. The van der Waals surface area contributed by atoms with Crippen LogP contribution in [0, 0.1) is 11.8 Å². The second kappa shape index (κ2) is 4.90. The highest BCUT2D eigenvalue weighted by molar-refractivity contribution is 5.89.